The van der Waals surface area contributed by atoms with Gasteiger partial charge in [-0.25, -0.2) is 0 Å². The van der Waals surface area contributed by atoms with E-state index in [0.29, 0.717) is 13.1 Å². The number of pyridine rings is 1. The van der Waals surface area contributed by atoms with Crippen LogP contribution in [0, 0.1) is 11.3 Å². The van der Waals surface area contributed by atoms with Crippen LogP contribution < -0.4 is 5.32 Å². The minimum absolute atomic E-state index is 0.0752. The zero-order chi connectivity index (χ0) is 13.9. The Bertz CT molecular complexity index is 492. The molecular formula is C14H18N4O. The molecule has 1 saturated heterocycles. The van der Waals surface area contributed by atoms with Crippen molar-refractivity contribution in [1.82, 2.24) is 15.2 Å². The van der Waals surface area contributed by atoms with Crippen molar-refractivity contribution in [1.29, 1.82) is 5.26 Å². The highest BCUT2D eigenvalue weighted by molar-refractivity contribution is 5.83. The molecule has 2 rings (SSSR count). The number of nitrogens with zero attached hydrogens (tertiary/aromatic N) is 3. The molecule has 0 radical (unpaired) electrons. The lowest BCUT2D eigenvalue weighted by atomic mass is 9.96. The molecule has 1 aliphatic heterocycles. The predicted octanol–water partition coefficient (Wildman–Crippen LogP) is 1.07. The highest BCUT2D eigenvalue weighted by Gasteiger charge is 2.38. The van der Waals surface area contributed by atoms with Gasteiger partial charge in [0.2, 0.25) is 5.91 Å². The van der Waals surface area contributed by atoms with Crippen LogP contribution in [0.2, 0.25) is 0 Å². The van der Waals surface area contributed by atoms with E-state index in [9.17, 15) is 4.79 Å². The molecule has 1 aromatic heterocycles. The maximum absolute atomic E-state index is 12.1. The van der Waals surface area contributed by atoms with E-state index < -0.39 is 0 Å². The van der Waals surface area contributed by atoms with E-state index in [1.54, 1.807) is 6.20 Å². The molecule has 100 valence electrons. The molecule has 0 saturated carbocycles. The van der Waals surface area contributed by atoms with Crippen LogP contribution in [0.5, 0.6) is 0 Å². The van der Waals surface area contributed by atoms with Crippen LogP contribution in [-0.4, -0.2) is 33.9 Å². The molecule has 5 nitrogen and oxygen atoms in total. The summed E-state index contributed by atoms with van der Waals surface area (Å²) in [5.74, 6) is -0.0752. The quantitative estimate of drug-likeness (QED) is 0.880. The van der Waals surface area contributed by atoms with Crippen LogP contribution in [0.25, 0.3) is 0 Å². The summed E-state index contributed by atoms with van der Waals surface area (Å²) in [4.78, 5) is 18.4. The van der Waals surface area contributed by atoms with Crippen molar-refractivity contribution in [3.8, 4) is 6.07 Å². The molecule has 1 unspecified atom stereocenters. The molecule has 1 N–H and O–H groups in total. The molecule has 0 spiro atoms. The largest absolute Gasteiger partial charge is 0.349 e. The first-order valence-corrected chi connectivity index (χ1v) is 6.35. The number of nitrogens with one attached hydrogen (secondary N) is 1. The minimum atomic E-state index is -0.389. The number of nitriles is 1. The van der Waals surface area contributed by atoms with Gasteiger partial charge in [-0.1, -0.05) is 6.07 Å². The van der Waals surface area contributed by atoms with Gasteiger partial charge in [-0.15, -0.1) is 0 Å². The van der Waals surface area contributed by atoms with Gasteiger partial charge in [0.15, 0.2) is 0 Å². The van der Waals surface area contributed by atoms with E-state index in [2.05, 4.69) is 16.4 Å². The zero-order valence-corrected chi connectivity index (χ0v) is 11.3. The van der Waals surface area contributed by atoms with Gasteiger partial charge in [0.1, 0.15) is 6.04 Å². The SMILES string of the molecule is CC1(C)CN(Cc2ccccn2)C(CC#N)C(=O)N1. The molecule has 1 atom stereocenters. The fourth-order valence-corrected chi connectivity index (χ4v) is 2.41. The third-order valence-corrected chi connectivity index (χ3v) is 3.18. The Labute approximate surface area is 113 Å². The van der Waals surface area contributed by atoms with E-state index in [1.807, 2.05) is 36.9 Å². The first kappa shape index (κ1) is 13.5. The minimum Gasteiger partial charge on any atom is -0.349 e. The summed E-state index contributed by atoms with van der Waals surface area (Å²) < 4.78 is 0. The van der Waals surface area contributed by atoms with Gasteiger partial charge in [0.05, 0.1) is 18.2 Å². The number of carbonyl (C=O) groups is 1. The van der Waals surface area contributed by atoms with Crippen LogP contribution in [0.15, 0.2) is 24.4 Å². The van der Waals surface area contributed by atoms with Crippen LogP contribution in [0.1, 0.15) is 26.0 Å². The van der Waals surface area contributed by atoms with Gasteiger partial charge in [-0.05, 0) is 26.0 Å². The first-order chi connectivity index (χ1) is 9.02. The third kappa shape index (κ3) is 3.30. The molecule has 0 aliphatic carbocycles. The van der Waals surface area contributed by atoms with E-state index in [1.165, 1.54) is 0 Å². The van der Waals surface area contributed by atoms with Gasteiger partial charge in [0.25, 0.3) is 0 Å². The first-order valence-electron chi connectivity index (χ1n) is 6.35. The molecule has 0 bridgehead atoms. The summed E-state index contributed by atoms with van der Waals surface area (Å²) in [7, 11) is 0. The zero-order valence-electron chi connectivity index (χ0n) is 11.3. The fraction of sp³-hybridized carbons (Fsp3) is 0.500. The Morgan fingerprint density at radius 1 is 1.58 bits per heavy atom. The van der Waals surface area contributed by atoms with Crippen molar-refractivity contribution in [3.05, 3.63) is 30.1 Å². The van der Waals surface area contributed by atoms with Crippen molar-refractivity contribution < 1.29 is 4.79 Å². The van der Waals surface area contributed by atoms with Crippen LogP contribution in [0.4, 0.5) is 0 Å². The number of aromatic nitrogens is 1. The van der Waals surface area contributed by atoms with Crippen LogP contribution in [-0.2, 0) is 11.3 Å². The summed E-state index contributed by atoms with van der Waals surface area (Å²) in [6, 6.07) is 7.42. The Kier molecular flexibility index (Phi) is 3.82. The second kappa shape index (κ2) is 5.37. The Hall–Kier alpha value is -1.93. The summed E-state index contributed by atoms with van der Waals surface area (Å²) >= 11 is 0. The number of carbonyl (C=O) groups excluding carboxylic acids is 1. The van der Waals surface area contributed by atoms with Gasteiger partial charge in [-0.2, -0.15) is 5.26 Å². The van der Waals surface area contributed by atoms with Crippen molar-refractivity contribution in [2.75, 3.05) is 6.54 Å². The van der Waals surface area contributed by atoms with Gasteiger partial charge >= 0.3 is 0 Å². The van der Waals surface area contributed by atoms with Crippen molar-refractivity contribution >= 4 is 5.91 Å². The van der Waals surface area contributed by atoms with Gasteiger partial charge in [0, 0.05) is 24.8 Å². The third-order valence-electron chi connectivity index (χ3n) is 3.18. The van der Waals surface area contributed by atoms with Gasteiger partial charge < -0.3 is 5.32 Å². The lowest BCUT2D eigenvalue weighted by Crippen LogP contribution is -2.64. The second-order valence-electron chi connectivity index (χ2n) is 5.48. The number of hydrogen-bond acceptors (Lipinski definition) is 4. The maximum atomic E-state index is 12.1. The van der Waals surface area contributed by atoms with E-state index in [0.717, 1.165) is 5.69 Å². The molecule has 1 aliphatic rings. The number of rotatable bonds is 3. The standard InChI is InChI=1S/C14H18N4O/c1-14(2)10-18(9-11-5-3-4-8-16-11)12(6-7-15)13(19)17-14/h3-5,8,12H,6,9-10H2,1-2H3,(H,17,19). The molecule has 2 heterocycles. The second-order valence-corrected chi connectivity index (χ2v) is 5.48. The average Bonchev–Trinajstić information content (AvgIpc) is 2.34. The van der Waals surface area contributed by atoms with Gasteiger partial charge in [-0.3, -0.25) is 14.7 Å². The lowest BCUT2D eigenvalue weighted by Gasteiger charge is -2.42. The highest BCUT2D eigenvalue weighted by atomic mass is 16.2. The summed E-state index contributed by atoms with van der Waals surface area (Å²) in [6.45, 7) is 5.27. The van der Waals surface area contributed by atoms with E-state index >= 15 is 0 Å². The summed E-state index contributed by atoms with van der Waals surface area (Å²) in [5, 5.41) is 11.8. The number of amides is 1. The van der Waals surface area contributed by atoms with Crippen molar-refractivity contribution in [3.63, 3.8) is 0 Å². The Balaban J connectivity index is 2.18. The number of piperazine rings is 1. The predicted molar refractivity (Wildman–Crippen MR) is 70.9 cm³/mol. The lowest BCUT2D eigenvalue weighted by molar-refractivity contribution is -0.133. The molecular weight excluding hydrogens is 240 g/mol. The Morgan fingerprint density at radius 3 is 3.00 bits per heavy atom. The molecule has 1 fully saturated rings. The van der Waals surface area contributed by atoms with E-state index in [4.69, 9.17) is 5.26 Å². The molecule has 19 heavy (non-hydrogen) atoms. The summed E-state index contributed by atoms with van der Waals surface area (Å²) in [5.41, 5.74) is 0.633. The molecule has 1 amide bonds. The Morgan fingerprint density at radius 2 is 2.37 bits per heavy atom. The van der Waals surface area contributed by atoms with Crippen LogP contribution in [0.3, 0.4) is 0 Å². The number of hydrogen-bond donors (Lipinski definition) is 1. The normalized spacial score (nSPS) is 22.6. The summed E-state index contributed by atoms with van der Waals surface area (Å²) in [6.07, 6.45) is 1.94. The van der Waals surface area contributed by atoms with Crippen molar-refractivity contribution in [2.24, 2.45) is 0 Å². The molecule has 5 heteroatoms. The fourth-order valence-electron chi connectivity index (χ4n) is 2.41. The highest BCUT2D eigenvalue weighted by Crippen LogP contribution is 2.20. The van der Waals surface area contributed by atoms with E-state index in [-0.39, 0.29) is 23.9 Å². The van der Waals surface area contributed by atoms with Crippen LogP contribution >= 0.6 is 0 Å². The molecule has 0 aromatic carbocycles. The topological polar surface area (TPSA) is 69.0 Å². The maximum Gasteiger partial charge on any atom is 0.238 e. The van der Waals surface area contributed by atoms with Crippen molar-refractivity contribution in [2.45, 2.75) is 38.4 Å². The molecule has 1 aromatic rings. The average molecular weight is 258 g/mol. The smallest absolute Gasteiger partial charge is 0.238 e. The monoisotopic (exact) mass is 258 g/mol.